The smallest absolute Gasteiger partial charge is 0.253 e. The minimum atomic E-state index is -1.05. The van der Waals surface area contributed by atoms with Crippen molar-refractivity contribution in [1.82, 2.24) is 16.0 Å². The number of nitrogens with one attached hydrogen (secondary N) is 4. The lowest BCUT2D eigenvalue weighted by Gasteiger charge is -2.19. The average Bonchev–Trinajstić information content (AvgIpc) is 3.81. The second-order valence-electron chi connectivity index (χ2n) is 10.4. The summed E-state index contributed by atoms with van der Waals surface area (Å²) in [6, 6.07) is 21.0. The Balaban J connectivity index is 0.00000506. The summed E-state index contributed by atoms with van der Waals surface area (Å²) in [6.07, 6.45) is 0.655. The van der Waals surface area contributed by atoms with Crippen molar-refractivity contribution in [2.45, 2.75) is 63.3 Å². The van der Waals surface area contributed by atoms with E-state index in [0.29, 0.717) is 44.5 Å². The van der Waals surface area contributed by atoms with E-state index in [0.717, 1.165) is 22.8 Å². The molecular formula is C32H40ClN5O5. The first kappa shape index (κ1) is 33.5. The molecule has 3 aromatic rings. The number of benzene rings is 3. The number of amides is 4. The van der Waals surface area contributed by atoms with E-state index in [-0.39, 0.29) is 24.2 Å². The van der Waals surface area contributed by atoms with Crippen molar-refractivity contribution in [2.75, 3.05) is 18.4 Å². The molecule has 1 aliphatic heterocycles. The zero-order chi connectivity index (χ0) is 29.9. The number of rotatable bonds is 15. The molecule has 11 heteroatoms. The molecule has 1 aliphatic rings. The first-order valence-corrected chi connectivity index (χ1v) is 14.5. The van der Waals surface area contributed by atoms with Gasteiger partial charge in [-0.15, -0.1) is 12.4 Å². The number of halogens is 1. The number of ether oxygens (including phenoxy) is 1. The second kappa shape index (κ2) is 16.6. The van der Waals surface area contributed by atoms with Crippen LogP contribution in [0.1, 0.15) is 38.2 Å². The number of anilines is 1. The molecule has 230 valence electrons. The van der Waals surface area contributed by atoms with Crippen molar-refractivity contribution in [3.8, 4) is 0 Å². The van der Waals surface area contributed by atoms with Gasteiger partial charge in [0.25, 0.3) is 11.8 Å². The van der Waals surface area contributed by atoms with E-state index >= 15 is 0 Å². The van der Waals surface area contributed by atoms with Gasteiger partial charge >= 0.3 is 0 Å². The molecule has 0 aliphatic carbocycles. The minimum Gasteiger partial charge on any atom is -0.354 e. The van der Waals surface area contributed by atoms with Crippen LogP contribution in [0.4, 0.5) is 5.69 Å². The zero-order valence-electron chi connectivity index (χ0n) is 24.2. The van der Waals surface area contributed by atoms with Crippen LogP contribution in [-0.2, 0) is 30.3 Å². The Kier molecular flexibility index (Phi) is 12.9. The number of hydrogen-bond acceptors (Lipinski definition) is 6. The van der Waals surface area contributed by atoms with Gasteiger partial charge in [-0.05, 0) is 49.2 Å². The van der Waals surface area contributed by atoms with Crippen LogP contribution < -0.4 is 27.0 Å². The minimum absolute atomic E-state index is 0. The maximum Gasteiger partial charge on any atom is 0.253 e. The molecular weight excluding hydrogens is 570 g/mol. The van der Waals surface area contributed by atoms with Crippen molar-refractivity contribution < 1.29 is 23.9 Å². The Bertz CT molecular complexity index is 1380. The normalized spacial score (nSPS) is 16.7. The van der Waals surface area contributed by atoms with Crippen LogP contribution in [0.3, 0.4) is 0 Å². The predicted octanol–water partition coefficient (Wildman–Crippen LogP) is 2.84. The molecule has 1 fully saturated rings. The van der Waals surface area contributed by atoms with Crippen LogP contribution in [0.25, 0.3) is 10.8 Å². The molecule has 10 nitrogen and oxygen atoms in total. The third-order valence-electron chi connectivity index (χ3n) is 7.10. The van der Waals surface area contributed by atoms with E-state index in [2.05, 4.69) is 21.3 Å². The fraction of sp³-hybridized carbons (Fsp3) is 0.375. The monoisotopic (exact) mass is 609 g/mol. The van der Waals surface area contributed by atoms with Gasteiger partial charge in [-0.25, -0.2) is 0 Å². The highest BCUT2D eigenvalue weighted by atomic mass is 35.5. The molecule has 0 saturated carbocycles. The standard InChI is InChI=1S/C32H39N5O5.ClH/c1-2-19-34-29(38)26(20-21-11-4-3-5-12-21)37-32(41)28-27(42-28)31(40)36-25(16-8-9-18-33)30(39)35-24-17-10-14-22-13-6-7-15-23(22)24;/h3-7,10-15,17,25-28H,2,8-9,16,18-20,33H2,1H3,(H,34,38)(H,35,39)(H,36,40)(H,37,41);1H/t25-,26-,27?,28?;/m0./s1. The first-order chi connectivity index (χ1) is 20.4. The Morgan fingerprint density at radius 3 is 2.16 bits per heavy atom. The maximum absolute atomic E-state index is 13.3. The predicted molar refractivity (Wildman–Crippen MR) is 169 cm³/mol. The number of hydrogen-bond donors (Lipinski definition) is 5. The number of nitrogens with two attached hydrogens (primary N) is 1. The summed E-state index contributed by atoms with van der Waals surface area (Å²) in [6.45, 7) is 2.89. The number of carbonyl (C=O) groups excluding carboxylic acids is 4. The van der Waals surface area contributed by atoms with Crippen molar-refractivity contribution >= 4 is 52.5 Å². The molecule has 4 rings (SSSR count). The molecule has 1 saturated heterocycles. The molecule has 0 spiro atoms. The molecule has 1 heterocycles. The van der Waals surface area contributed by atoms with Crippen molar-refractivity contribution in [3.63, 3.8) is 0 Å². The lowest BCUT2D eigenvalue weighted by atomic mass is 10.0. The fourth-order valence-corrected chi connectivity index (χ4v) is 4.77. The SMILES string of the molecule is CCCNC(=O)[C@H](Cc1ccccc1)NC(=O)C1OC1C(=O)N[C@@H](CCCCN)C(=O)Nc1cccc2ccccc12.Cl. The third-order valence-corrected chi connectivity index (χ3v) is 7.10. The molecule has 43 heavy (non-hydrogen) atoms. The fourth-order valence-electron chi connectivity index (χ4n) is 4.77. The van der Waals surface area contributed by atoms with Gasteiger partial charge in [-0.1, -0.05) is 73.7 Å². The van der Waals surface area contributed by atoms with Gasteiger partial charge in [-0.3, -0.25) is 19.2 Å². The van der Waals surface area contributed by atoms with Gasteiger partial charge in [0.05, 0.1) is 0 Å². The summed E-state index contributed by atoms with van der Waals surface area (Å²) in [4.78, 5) is 52.2. The zero-order valence-corrected chi connectivity index (χ0v) is 25.0. The van der Waals surface area contributed by atoms with E-state index in [9.17, 15) is 19.2 Å². The molecule has 0 aromatic heterocycles. The molecule has 3 aromatic carbocycles. The Morgan fingerprint density at radius 2 is 1.47 bits per heavy atom. The van der Waals surface area contributed by atoms with Crippen LogP contribution in [-0.4, -0.2) is 61.0 Å². The van der Waals surface area contributed by atoms with E-state index < -0.39 is 36.1 Å². The van der Waals surface area contributed by atoms with Crippen LogP contribution >= 0.6 is 12.4 Å². The van der Waals surface area contributed by atoms with E-state index in [1.165, 1.54) is 0 Å². The lowest BCUT2D eigenvalue weighted by Crippen LogP contribution is -2.50. The third kappa shape index (κ3) is 9.51. The second-order valence-corrected chi connectivity index (χ2v) is 10.4. The summed E-state index contributed by atoms with van der Waals surface area (Å²) >= 11 is 0. The van der Waals surface area contributed by atoms with Crippen LogP contribution in [0.5, 0.6) is 0 Å². The highest BCUT2D eigenvalue weighted by molar-refractivity contribution is 6.05. The van der Waals surface area contributed by atoms with Crippen LogP contribution in [0.15, 0.2) is 72.8 Å². The molecule has 4 amide bonds. The Labute approximate surface area is 257 Å². The Hall–Kier alpha value is -3.99. The number of epoxide rings is 1. The molecule has 6 N–H and O–H groups in total. The van der Waals surface area contributed by atoms with Gasteiger partial charge in [0.2, 0.25) is 11.8 Å². The molecule has 0 radical (unpaired) electrons. The number of fused-ring (bicyclic) bond motifs is 1. The molecule has 2 unspecified atom stereocenters. The highest BCUT2D eigenvalue weighted by Gasteiger charge is 2.51. The highest BCUT2D eigenvalue weighted by Crippen LogP contribution is 2.25. The number of carbonyl (C=O) groups is 4. The molecule has 0 bridgehead atoms. The van der Waals surface area contributed by atoms with Gasteiger partial charge in [0.1, 0.15) is 12.1 Å². The average molecular weight is 610 g/mol. The summed E-state index contributed by atoms with van der Waals surface area (Å²) in [7, 11) is 0. The van der Waals surface area contributed by atoms with Crippen LogP contribution in [0.2, 0.25) is 0 Å². The molecule has 4 atom stereocenters. The summed E-state index contributed by atoms with van der Waals surface area (Å²) in [5, 5.41) is 13.1. The van der Waals surface area contributed by atoms with Gasteiger partial charge in [0.15, 0.2) is 12.2 Å². The number of unbranched alkanes of at least 4 members (excludes halogenated alkanes) is 1. The Morgan fingerprint density at radius 1 is 0.814 bits per heavy atom. The van der Waals surface area contributed by atoms with Crippen molar-refractivity contribution in [3.05, 3.63) is 78.4 Å². The first-order valence-electron chi connectivity index (χ1n) is 14.5. The largest absolute Gasteiger partial charge is 0.354 e. The summed E-state index contributed by atoms with van der Waals surface area (Å²) in [5.41, 5.74) is 7.17. The van der Waals surface area contributed by atoms with Crippen molar-refractivity contribution in [1.29, 1.82) is 0 Å². The summed E-state index contributed by atoms with van der Waals surface area (Å²) in [5.74, 6) is -1.78. The van der Waals surface area contributed by atoms with Crippen molar-refractivity contribution in [2.24, 2.45) is 5.73 Å². The van der Waals surface area contributed by atoms with E-state index in [1.807, 2.05) is 79.7 Å². The van der Waals surface area contributed by atoms with E-state index in [4.69, 9.17) is 10.5 Å². The van der Waals surface area contributed by atoms with Gasteiger partial charge < -0.3 is 31.7 Å². The lowest BCUT2D eigenvalue weighted by molar-refractivity contribution is -0.129. The topological polar surface area (TPSA) is 155 Å². The quantitative estimate of drug-likeness (QED) is 0.132. The van der Waals surface area contributed by atoms with E-state index in [1.54, 1.807) is 0 Å². The maximum atomic E-state index is 13.3. The van der Waals surface area contributed by atoms with Crippen LogP contribution in [0, 0.1) is 0 Å². The van der Waals surface area contributed by atoms with Gasteiger partial charge in [-0.2, -0.15) is 0 Å². The summed E-state index contributed by atoms with van der Waals surface area (Å²) < 4.78 is 5.43. The van der Waals surface area contributed by atoms with Gasteiger partial charge in [0, 0.05) is 24.0 Å².